The highest BCUT2D eigenvalue weighted by molar-refractivity contribution is 7.99. The number of carbonyl (C=O) groups is 1. The Morgan fingerprint density at radius 2 is 1.88 bits per heavy atom. The van der Waals surface area contributed by atoms with Crippen molar-refractivity contribution in [2.75, 3.05) is 5.75 Å². The lowest BCUT2D eigenvalue weighted by atomic mass is 9.97. The predicted octanol–water partition coefficient (Wildman–Crippen LogP) is 4.94. The van der Waals surface area contributed by atoms with Gasteiger partial charge in [-0.25, -0.2) is 4.39 Å². The average molecular weight is 345 g/mol. The Labute approximate surface area is 147 Å². The van der Waals surface area contributed by atoms with Gasteiger partial charge in [0.05, 0.1) is 11.8 Å². The predicted molar refractivity (Wildman–Crippen MR) is 99.7 cm³/mol. The molecule has 1 N–H and O–H groups in total. The molecule has 0 bridgehead atoms. The second-order valence-electron chi connectivity index (χ2n) is 6.01. The molecule has 2 nitrogen and oxygen atoms in total. The molecule has 0 unspecified atom stereocenters. The molecule has 1 amide bonds. The van der Waals surface area contributed by atoms with Crippen LogP contribution in [-0.2, 0) is 10.5 Å². The molecule has 2 rings (SSSR count). The summed E-state index contributed by atoms with van der Waals surface area (Å²) in [6, 6.07) is 12.8. The summed E-state index contributed by atoms with van der Waals surface area (Å²) in [5.41, 5.74) is 4.64. The fourth-order valence-electron chi connectivity index (χ4n) is 2.69. The summed E-state index contributed by atoms with van der Waals surface area (Å²) >= 11 is 1.54. The quantitative estimate of drug-likeness (QED) is 0.770. The van der Waals surface area contributed by atoms with Crippen molar-refractivity contribution in [3.05, 3.63) is 70.5 Å². The highest BCUT2D eigenvalue weighted by Crippen LogP contribution is 2.22. The Hall–Kier alpha value is -1.81. The van der Waals surface area contributed by atoms with E-state index >= 15 is 0 Å². The van der Waals surface area contributed by atoms with Gasteiger partial charge in [0.25, 0.3) is 0 Å². The molecule has 0 aliphatic heterocycles. The van der Waals surface area contributed by atoms with Gasteiger partial charge in [0.1, 0.15) is 5.82 Å². The van der Waals surface area contributed by atoms with Gasteiger partial charge in [0.15, 0.2) is 0 Å². The first-order valence-corrected chi connectivity index (χ1v) is 9.33. The second kappa shape index (κ2) is 8.88. The summed E-state index contributed by atoms with van der Waals surface area (Å²) < 4.78 is 12.9. The number of rotatable bonds is 7. The van der Waals surface area contributed by atoms with Crippen LogP contribution in [0.2, 0.25) is 0 Å². The van der Waals surface area contributed by atoms with Crippen LogP contribution in [0.25, 0.3) is 0 Å². The van der Waals surface area contributed by atoms with Crippen LogP contribution in [0.15, 0.2) is 42.5 Å². The Bertz CT molecular complexity index is 685. The van der Waals surface area contributed by atoms with Gasteiger partial charge in [-0.1, -0.05) is 42.8 Å². The summed E-state index contributed by atoms with van der Waals surface area (Å²) in [4.78, 5) is 12.2. The smallest absolute Gasteiger partial charge is 0.230 e. The lowest BCUT2D eigenvalue weighted by molar-refractivity contribution is -0.119. The van der Waals surface area contributed by atoms with Gasteiger partial charge in [-0.15, -0.1) is 11.8 Å². The molecule has 4 heteroatoms. The minimum Gasteiger partial charge on any atom is -0.349 e. The van der Waals surface area contributed by atoms with Gasteiger partial charge >= 0.3 is 0 Å². The summed E-state index contributed by atoms with van der Waals surface area (Å²) in [5, 5.41) is 3.12. The zero-order valence-corrected chi connectivity index (χ0v) is 15.3. The Kier molecular flexibility index (Phi) is 6.85. The van der Waals surface area contributed by atoms with Gasteiger partial charge in [-0.05, 0) is 49.1 Å². The third kappa shape index (κ3) is 5.38. The van der Waals surface area contributed by atoms with Crippen molar-refractivity contribution >= 4 is 17.7 Å². The van der Waals surface area contributed by atoms with Crippen molar-refractivity contribution in [1.29, 1.82) is 0 Å². The highest BCUT2D eigenvalue weighted by Gasteiger charge is 2.14. The van der Waals surface area contributed by atoms with Crippen molar-refractivity contribution < 1.29 is 9.18 Å². The number of halogens is 1. The second-order valence-corrected chi connectivity index (χ2v) is 6.99. The molecule has 0 aromatic heterocycles. The van der Waals surface area contributed by atoms with Gasteiger partial charge in [0.2, 0.25) is 5.91 Å². The van der Waals surface area contributed by atoms with Crippen molar-refractivity contribution in [3.8, 4) is 0 Å². The van der Waals surface area contributed by atoms with Crippen LogP contribution >= 0.6 is 11.8 Å². The molecule has 0 spiro atoms. The maximum Gasteiger partial charge on any atom is 0.230 e. The topological polar surface area (TPSA) is 29.1 Å². The van der Waals surface area contributed by atoms with E-state index in [-0.39, 0.29) is 17.8 Å². The first-order valence-electron chi connectivity index (χ1n) is 8.18. The highest BCUT2D eigenvalue weighted by atomic mass is 32.2. The molecular weight excluding hydrogens is 321 g/mol. The van der Waals surface area contributed by atoms with Crippen molar-refractivity contribution in [2.45, 2.75) is 39.0 Å². The zero-order valence-electron chi connectivity index (χ0n) is 14.4. The van der Waals surface area contributed by atoms with Gasteiger partial charge in [0, 0.05) is 5.75 Å². The Balaban J connectivity index is 1.86. The maximum atomic E-state index is 12.9. The van der Waals surface area contributed by atoms with Crippen LogP contribution in [0.4, 0.5) is 4.39 Å². The lowest BCUT2D eigenvalue weighted by Crippen LogP contribution is -2.30. The molecule has 0 aliphatic rings. The van der Waals surface area contributed by atoms with Gasteiger partial charge in [-0.2, -0.15) is 0 Å². The molecule has 24 heavy (non-hydrogen) atoms. The molecule has 2 aromatic rings. The summed E-state index contributed by atoms with van der Waals surface area (Å²) in [6.07, 6.45) is 0.859. The molecule has 0 heterocycles. The molecule has 1 atom stereocenters. The number of nitrogens with one attached hydrogen (secondary N) is 1. The Morgan fingerprint density at radius 3 is 2.50 bits per heavy atom. The first-order chi connectivity index (χ1) is 11.5. The number of thioether (sulfide) groups is 1. The minimum absolute atomic E-state index is 0.0361. The van der Waals surface area contributed by atoms with E-state index in [1.807, 2.05) is 0 Å². The van der Waals surface area contributed by atoms with Gasteiger partial charge in [-0.3, -0.25) is 4.79 Å². The molecule has 0 saturated carbocycles. The molecule has 2 aromatic carbocycles. The van der Waals surface area contributed by atoms with Crippen LogP contribution in [0.1, 0.15) is 41.6 Å². The van der Waals surface area contributed by atoms with Gasteiger partial charge < -0.3 is 5.32 Å². The van der Waals surface area contributed by atoms with E-state index in [1.54, 1.807) is 23.9 Å². The van der Waals surface area contributed by atoms with Crippen molar-refractivity contribution in [2.24, 2.45) is 0 Å². The van der Waals surface area contributed by atoms with Crippen molar-refractivity contribution in [1.82, 2.24) is 5.32 Å². The van der Waals surface area contributed by atoms with E-state index in [4.69, 9.17) is 0 Å². The molecular formula is C20H24FNOS. The average Bonchev–Trinajstić information content (AvgIpc) is 2.55. The Morgan fingerprint density at radius 1 is 1.17 bits per heavy atom. The molecule has 0 radical (unpaired) electrons. The number of amides is 1. The lowest BCUT2D eigenvalue weighted by Gasteiger charge is -2.20. The van der Waals surface area contributed by atoms with Crippen LogP contribution in [0.3, 0.4) is 0 Å². The number of hydrogen-bond acceptors (Lipinski definition) is 2. The van der Waals surface area contributed by atoms with Crippen LogP contribution in [0, 0.1) is 19.7 Å². The normalized spacial score (nSPS) is 12.0. The zero-order chi connectivity index (χ0) is 17.5. The standard InChI is InChI=1S/C20H24FNOS/c1-4-19(18-10-5-14(2)11-15(18)3)22-20(23)13-24-12-16-6-8-17(21)9-7-16/h5-11,19H,4,12-13H2,1-3H3,(H,22,23)/t19-/m0/s1. The molecule has 0 fully saturated rings. The summed E-state index contributed by atoms with van der Waals surface area (Å²) in [6.45, 7) is 6.23. The monoisotopic (exact) mass is 345 g/mol. The maximum absolute atomic E-state index is 12.9. The fraction of sp³-hybridized carbons (Fsp3) is 0.350. The van der Waals surface area contributed by atoms with Crippen LogP contribution in [0.5, 0.6) is 0 Å². The van der Waals surface area contributed by atoms with Crippen molar-refractivity contribution in [3.63, 3.8) is 0 Å². The van der Waals surface area contributed by atoms with E-state index in [9.17, 15) is 9.18 Å². The number of aryl methyl sites for hydroxylation is 2. The van der Waals surface area contributed by atoms with Crippen LogP contribution in [-0.4, -0.2) is 11.7 Å². The van der Waals surface area contributed by atoms with Crippen LogP contribution < -0.4 is 5.32 Å². The fourth-order valence-corrected chi connectivity index (χ4v) is 3.49. The van der Waals surface area contributed by atoms with E-state index in [0.717, 1.165) is 12.0 Å². The van der Waals surface area contributed by atoms with E-state index < -0.39 is 0 Å². The largest absolute Gasteiger partial charge is 0.349 e. The van der Waals surface area contributed by atoms with E-state index in [1.165, 1.54) is 28.8 Å². The third-order valence-corrected chi connectivity index (χ3v) is 4.96. The SMILES string of the molecule is CC[C@H](NC(=O)CSCc1ccc(F)cc1)c1ccc(C)cc1C. The number of hydrogen-bond donors (Lipinski definition) is 1. The number of carbonyl (C=O) groups excluding carboxylic acids is 1. The van der Waals surface area contributed by atoms with E-state index in [0.29, 0.717) is 11.5 Å². The first kappa shape index (κ1) is 18.5. The number of benzene rings is 2. The summed E-state index contributed by atoms with van der Waals surface area (Å²) in [7, 11) is 0. The van der Waals surface area contributed by atoms with E-state index in [2.05, 4.69) is 44.3 Å². The molecule has 0 saturated heterocycles. The minimum atomic E-state index is -0.235. The third-order valence-electron chi connectivity index (χ3n) is 3.96. The summed E-state index contributed by atoms with van der Waals surface area (Å²) in [5.74, 6) is 0.905. The molecule has 0 aliphatic carbocycles. The molecule has 128 valence electrons.